The van der Waals surface area contributed by atoms with E-state index in [4.69, 9.17) is 9.90 Å². The lowest BCUT2D eigenvalue weighted by atomic mass is 9.82. The number of benzene rings is 2. The first-order valence-electron chi connectivity index (χ1n) is 10.7. The van der Waals surface area contributed by atoms with E-state index in [1.165, 1.54) is 17.7 Å². The van der Waals surface area contributed by atoms with Crippen LogP contribution < -0.4 is 0 Å². The van der Waals surface area contributed by atoms with Crippen LogP contribution in [0.4, 0.5) is 4.39 Å². The molecule has 162 valence electrons. The molecule has 0 spiro atoms. The maximum atomic E-state index is 13.4. The van der Waals surface area contributed by atoms with Gasteiger partial charge in [-0.2, -0.15) is 0 Å². The highest BCUT2D eigenvalue weighted by molar-refractivity contribution is 6.01. The van der Waals surface area contributed by atoms with Crippen molar-refractivity contribution in [2.75, 3.05) is 13.1 Å². The van der Waals surface area contributed by atoms with Gasteiger partial charge in [0.1, 0.15) is 5.82 Å². The van der Waals surface area contributed by atoms with Gasteiger partial charge < -0.3 is 10.0 Å². The third kappa shape index (κ3) is 6.14. The van der Waals surface area contributed by atoms with Crippen molar-refractivity contribution in [3.63, 3.8) is 0 Å². The SMILES string of the molecule is CC(=O)O.O=C1C=CC(c2ccc(F)cc2)=C(N2CCC2)C1CCCc1ccccc1. The Hall–Kier alpha value is -3.21. The molecular weight excluding hydrogens is 393 g/mol. The molecule has 31 heavy (non-hydrogen) atoms. The van der Waals surface area contributed by atoms with E-state index in [0.717, 1.165) is 62.5 Å². The third-order valence-corrected chi connectivity index (χ3v) is 5.52. The predicted molar refractivity (Wildman–Crippen MR) is 120 cm³/mol. The smallest absolute Gasteiger partial charge is 0.300 e. The van der Waals surface area contributed by atoms with Crippen LogP contribution in [0, 0.1) is 11.7 Å². The van der Waals surface area contributed by atoms with Crippen molar-refractivity contribution in [1.82, 2.24) is 4.90 Å². The van der Waals surface area contributed by atoms with Gasteiger partial charge >= 0.3 is 0 Å². The Bertz CT molecular complexity index is 956. The van der Waals surface area contributed by atoms with Crippen molar-refractivity contribution in [3.8, 4) is 0 Å². The second kappa shape index (κ2) is 10.7. The number of rotatable bonds is 6. The minimum atomic E-state index is -0.833. The summed E-state index contributed by atoms with van der Waals surface area (Å²) in [4.78, 5) is 24.0. The molecule has 1 aliphatic heterocycles. The molecule has 0 radical (unpaired) electrons. The van der Waals surface area contributed by atoms with Gasteiger partial charge in [0.05, 0.1) is 5.92 Å². The summed E-state index contributed by atoms with van der Waals surface area (Å²) in [6.07, 6.45) is 7.57. The number of allylic oxidation sites excluding steroid dienone is 4. The van der Waals surface area contributed by atoms with Gasteiger partial charge in [0, 0.05) is 31.3 Å². The zero-order chi connectivity index (χ0) is 22.2. The first kappa shape index (κ1) is 22.5. The zero-order valence-corrected chi connectivity index (χ0v) is 17.8. The lowest BCUT2D eigenvalue weighted by Gasteiger charge is -2.41. The van der Waals surface area contributed by atoms with Gasteiger partial charge in [-0.1, -0.05) is 42.5 Å². The molecule has 1 aliphatic carbocycles. The van der Waals surface area contributed by atoms with Gasteiger partial charge in [0.2, 0.25) is 0 Å². The number of carbonyl (C=O) groups excluding carboxylic acids is 1. The van der Waals surface area contributed by atoms with Crippen molar-refractivity contribution in [2.45, 2.75) is 32.6 Å². The van der Waals surface area contributed by atoms with Crippen LogP contribution in [-0.2, 0) is 16.0 Å². The Kier molecular flexibility index (Phi) is 7.76. The van der Waals surface area contributed by atoms with Crippen LogP contribution in [0.15, 0.2) is 72.4 Å². The second-order valence-corrected chi connectivity index (χ2v) is 7.83. The normalized spacial score (nSPS) is 17.7. The van der Waals surface area contributed by atoms with Crippen molar-refractivity contribution in [2.24, 2.45) is 5.92 Å². The molecule has 1 heterocycles. The van der Waals surface area contributed by atoms with E-state index in [0.29, 0.717) is 0 Å². The van der Waals surface area contributed by atoms with Crippen LogP contribution >= 0.6 is 0 Å². The molecule has 0 saturated carbocycles. The number of hydrogen-bond donors (Lipinski definition) is 1. The van der Waals surface area contributed by atoms with Crippen molar-refractivity contribution >= 4 is 17.3 Å². The lowest BCUT2D eigenvalue weighted by molar-refractivity contribution is -0.134. The van der Waals surface area contributed by atoms with Crippen LogP contribution in [0.3, 0.4) is 0 Å². The number of ketones is 1. The molecule has 4 nitrogen and oxygen atoms in total. The summed E-state index contributed by atoms with van der Waals surface area (Å²) >= 11 is 0. The number of carbonyl (C=O) groups is 2. The molecule has 5 heteroatoms. The fourth-order valence-electron chi connectivity index (χ4n) is 3.94. The fourth-order valence-corrected chi connectivity index (χ4v) is 3.94. The molecule has 0 amide bonds. The van der Waals surface area contributed by atoms with E-state index in [9.17, 15) is 9.18 Å². The summed E-state index contributed by atoms with van der Waals surface area (Å²) in [5, 5.41) is 7.42. The van der Waals surface area contributed by atoms with E-state index in [1.54, 1.807) is 6.08 Å². The van der Waals surface area contributed by atoms with Crippen molar-refractivity contribution in [1.29, 1.82) is 0 Å². The Morgan fingerprint density at radius 2 is 1.71 bits per heavy atom. The Morgan fingerprint density at radius 1 is 1.06 bits per heavy atom. The molecule has 1 atom stereocenters. The lowest BCUT2D eigenvalue weighted by Crippen LogP contribution is -2.41. The number of carboxylic acid groups (broad SMARTS) is 1. The van der Waals surface area contributed by atoms with Crippen LogP contribution in [-0.4, -0.2) is 34.8 Å². The molecule has 1 saturated heterocycles. The number of aryl methyl sites for hydroxylation is 1. The minimum absolute atomic E-state index is 0.0981. The third-order valence-electron chi connectivity index (χ3n) is 5.52. The largest absolute Gasteiger partial charge is 0.481 e. The summed E-state index contributed by atoms with van der Waals surface area (Å²) in [6, 6.07) is 17.0. The van der Waals surface area contributed by atoms with Crippen LogP contribution in [0.5, 0.6) is 0 Å². The molecule has 1 fully saturated rings. The molecule has 0 bridgehead atoms. The van der Waals surface area contributed by atoms with E-state index in [2.05, 4.69) is 29.2 Å². The number of likely N-dealkylation sites (tertiary alicyclic amines) is 1. The van der Waals surface area contributed by atoms with Crippen LogP contribution in [0.1, 0.15) is 37.3 Å². The maximum Gasteiger partial charge on any atom is 0.300 e. The summed E-state index contributed by atoms with van der Waals surface area (Å²) in [5.74, 6) is -0.977. The van der Waals surface area contributed by atoms with E-state index in [-0.39, 0.29) is 17.5 Å². The molecule has 4 rings (SSSR count). The number of nitrogens with zero attached hydrogens (tertiary/aromatic N) is 1. The number of aliphatic carboxylic acids is 1. The van der Waals surface area contributed by atoms with E-state index in [1.807, 2.05) is 24.3 Å². The highest BCUT2D eigenvalue weighted by Gasteiger charge is 2.33. The molecule has 0 aromatic heterocycles. The molecule has 1 N–H and O–H groups in total. The number of hydrogen-bond acceptors (Lipinski definition) is 3. The van der Waals surface area contributed by atoms with Crippen molar-refractivity contribution in [3.05, 3.63) is 89.4 Å². The van der Waals surface area contributed by atoms with E-state index >= 15 is 0 Å². The fraction of sp³-hybridized carbons (Fsp3) is 0.308. The molecule has 2 aromatic rings. The molecular formula is C26H28FNO3. The first-order chi connectivity index (χ1) is 15.0. The average Bonchev–Trinajstić information content (AvgIpc) is 2.70. The summed E-state index contributed by atoms with van der Waals surface area (Å²) in [5.41, 5.74) is 4.49. The number of halogens is 1. The van der Waals surface area contributed by atoms with E-state index < -0.39 is 5.97 Å². The highest BCUT2D eigenvalue weighted by atomic mass is 19.1. The van der Waals surface area contributed by atoms with Crippen LogP contribution in [0.2, 0.25) is 0 Å². The average molecular weight is 422 g/mol. The standard InChI is InChI=1S/C24H24FNO.C2H4O2/c25-20-12-10-19(11-13-20)21-14-15-23(27)22(24(21)26-16-5-17-26)9-4-8-18-6-2-1-3-7-18;1-2(3)4/h1-3,6-7,10-15,22H,4-5,8-9,16-17H2;1H3,(H,3,4). The Balaban J connectivity index is 0.000000628. The van der Waals surface area contributed by atoms with Crippen LogP contribution in [0.25, 0.3) is 5.57 Å². The molecule has 1 unspecified atom stereocenters. The minimum Gasteiger partial charge on any atom is -0.481 e. The predicted octanol–water partition coefficient (Wildman–Crippen LogP) is 5.11. The summed E-state index contributed by atoms with van der Waals surface area (Å²) in [7, 11) is 0. The van der Waals surface area contributed by atoms with Gasteiger partial charge in [-0.15, -0.1) is 0 Å². The zero-order valence-electron chi connectivity index (χ0n) is 17.8. The Labute approximate surface area is 182 Å². The topological polar surface area (TPSA) is 57.6 Å². The van der Waals surface area contributed by atoms with Gasteiger partial charge in [-0.3, -0.25) is 9.59 Å². The quantitative estimate of drug-likeness (QED) is 0.704. The summed E-state index contributed by atoms with van der Waals surface area (Å²) < 4.78 is 13.4. The Morgan fingerprint density at radius 3 is 2.29 bits per heavy atom. The second-order valence-electron chi connectivity index (χ2n) is 7.83. The van der Waals surface area contributed by atoms with Gasteiger partial charge in [0.25, 0.3) is 5.97 Å². The monoisotopic (exact) mass is 421 g/mol. The molecule has 2 aliphatic rings. The maximum absolute atomic E-state index is 13.4. The van der Waals surface area contributed by atoms with Gasteiger partial charge in [-0.25, -0.2) is 4.39 Å². The van der Waals surface area contributed by atoms with Crippen molar-refractivity contribution < 1.29 is 19.1 Å². The molecule has 2 aromatic carbocycles. The van der Waals surface area contributed by atoms with Gasteiger partial charge in [0.15, 0.2) is 5.78 Å². The summed E-state index contributed by atoms with van der Waals surface area (Å²) in [6.45, 7) is 3.08. The number of carboxylic acids is 1. The first-order valence-corrected chi connectivity index (χ1v) is 10.7. The van der Waals surface area contributed by atoms with Gasteiger partial charge in [-0.05, 0) is 61.1 Å². The highest BCUT2D eigenvalue weighted by Crippen LogP contribution is 2.37.